The second-order valence-corrected chi connectivity index (χ2v) is 10.4. The van der Waals surface area contributed by atoms with Gasteiger partial charge in [0.25, 0.3) is 10.0 Å². The Bertz CT molecular complexity index is 706. The van der Waals surface area contributed by atoms with Gasteiger partial charge in [-0.25, -0.2) is 16.8 Å². The van der Waals surface area contributed by atoms with E-state index in [0.29, 0.717) is 6.54 Å². The molecule has 2 rings (SSSR count). The Balaban J connectivity index is 2.35. The van der Waals surface area contributed by atoms with Crippen molar-refractivity contribution >= 4 is 31.2 Å². The first-order valence-electron chi connectivity index (χ1n) is 6.19. The molecule has 0 aliphatic carbocycles. The first-order chi connectivity index (χ1) is 9.17. The molecule has 0 radical (unpaired) electrons. The summed E-state index contributed by atoms with van der Waals surface area (Å²) in [4.78, 5) is 0.834. The molecule has 0 saturated carbocycles. The fraction of sp³-hybridized carbons (Fsp3) is 0.636. The monoisotopic (exact) mass is 338 g/mol. The minimum Gasteiger partial charge on any atom is -0.326 e. The minimum atomic E-state index is -3.64. The van der Waals surface area contributed by atoms with Crippen LogP contribution in [0.15, 0.2) is 10.3 Å². The van der Waals surface area contributed by atoms with Gasteiger partial charge in [-0.15, -0.1) is 11.3 Å². The van der Waals surface area contributed by atoms with Crippen molar-refractivity contribution in [2.75, 3.05) is 18.1 Å². The summed E-state index contributed by atoms with van der Waals surface area (Å²) < 4.78 is 49.8. The maximum absolute atomic E-state index is 12.6. The van der Waals surface area contributed by atoms with Gasteiger partial charge < -0.3 is 5.73 Å². The van der Waals surface area contributed by atoms with E-state index in [2.05, 4.69) is 0 Å². The first-order valence-corrected chi connectivity index (χ1v) is 10.3. The van der Waals surface area contributed by atoms with Gasteiger partial charge in [-0.1, -0.05) is 0 Å². The molecular formula is C11H18N2O4S3. The third kappa shape index (κ3) is 2.91. The van der Waals surface area contributed by atoms with Crippen molar-refractivity contribution < 1.29 is 16.8 Å². The number of nitrogens with two attached hydrogens (primary N) is 1. The summed E-state index contributed by atoms with van der Waals surface area (Å²) in [5.41, 5.74) is 6.43. The van der Waals surface area contributed by atoms with Crippen LogP contribution in [-0.4, -0.2) is 45.2 Å². The fourth-order valence-electron chi connectivity index (χ4n) is 2.27. The lowest BCUT2D eigenvalue weighted by Crippen LogP contribution is -2.49. The molecule has 1 aliphatic heterocycles. The van der Waals surface area contributed by atoms with Crippen molar-refractivity contribution in [1.82, 2.24) is 4.31 Å². The molecule has 1 saturated heterocycles. The van der Waals surface area contributed by atoms with Crippen LogP contribution in [0.2, 0.25) is 0 Å². The molecule has 2 heterocycles. The molecule has 1 fully saturated rings. The third-order valence-corrected chi connectivity index (χ3v) is 8.87. The fourth-order valence-corrected chi connectivity index (χ4v) is 7.27. The highest BCUT2D eigenvalue weighted by Crippen LogP contribution is 2.30. The van der Waals surface area contributed by atoms with Gasteiger partial charge in [-0.05, 0) is 25.5 Å². The highest BCUT2D eigenvalue weighted by Gasteiger charge is 2.37. The van der Waals surface area contributed by atoms with E-state index < -0.39 is 25.9 Å². The highest BCUT2D eigenvalue weighted by molar-refractivity contribution is 7.92. The number of rotatable bonds is 3. The van der Waals surface area contributed by atoms with Crippen molar-refractivity contribution in [3.8, 4) is 0 Å². The van der Waals surface area contributed by atoms with Crippen LogP contribution in [0.25, 0.3) is 0 Å². The van der Waals surface area contributed by atoms with Gasteiger partial charge in [0, 0.05) is 24.0 Å². The first kappa shape index (κ1) is 15.9. The zero-order chi connectivity index (χ0) is 15.1. The molecule has 1 aromatic heterocycles. The summed E-state index contributed by atoms with van der Waals surface area (Å²) in [5.74, 6) is -0.245. The van der Waals surface area contributed by atoms with Gasteiger partial charge in [0.1, 0.15) is 4.21 Å². The Kier molecular flexibility index (Phi) is 4.27. The Hall–Kier alpha value is -0.480. The number of hydrogen-bond acceptors (Lipinski definition) is 6. The molecule has 1 unspecified atom stereocenters. The predicted octanol–water partition coefficient (Wildman–Crippen LogP) is 0.323. The normalized spacial score (nSPS) is 23.9. The van der Waals surface area contributed by atoms with Gasteiger partial charge in [0.05, 0.1) is 11.5 Å². The molecular weight excluding hydrogens is 320 g/mol. The van der Waals surface area contributed by atoms with E-state index in [-0.39, 0.29) is 22.3 Å². The van der Waals surface area contributed by atoms with E-state index in [4.69, 9.17) is 5.73 Å². The molecule has 1 atom stereocenters. The average Bonchev–Trinajstić information content (AvgIpc) is 2.69. The van der Waals surface area contributed by atoms with Gasteiger partial charge in [0.2, 0.25) is 0 Å². The van der Waals surface area contributed by atoms with Gasteiger partial charge in [0.15, 0.2) is 9.84 Å². The number of aryl methyl sites for hydroxylation is 1. The maximum Gasteiger partial charge on any atom is 0.252 e. The van der Waals surface area contributed by atoms with E-state index >= 15 is 0 Å². The topological polar surface area (TPSA) is 97.5 Å². The SMILES string of the molecule is Cc1cc(S(=O)(=O)N2CCS(=O)(=O)CC2C)sc1CN. The second-order valence-electron chi connectivity index (χ2n) is 4.95. The van der Waals surface area contributed by atoms with Crippen molar-refractivity contribution in [2.45, 2.75) is 30.6 Å². The van der Waals surface area contributed by atoms with Crippen LogP contribution in [0.1, 0.15) is 17.4 Å². The molecule has 0 aromatic carbocycles. The van der Waals surface area contributed by atoms with Crippen LogP contribution >= 0.6 is 11.3 Å². The maximum atomic E-state index is 12.6. The van der Waals surface area contributed by atoms with E-state index in [9.17, 15) is 16.8 Å². The lowest BCUT2D eigenvalue weighted by molar-refractivity contribution is 0.357. The van der Waals surface area contributed by atoms with Crippen molar-refractivity contribution in [2.24, 2.45) is 5.73 Å². The summed E-state index contributed by atoms with van der Waals surface area (Å²) in [5, 5.41) is 0. The minimum absolute atomic E-state index is 0.0146. The van der Waals surface area contributed by atoms with E-state index in [1.807, 2.05) is 6.92 Å². The van der Waals surface area contributed by atoms with Crippen molar-refractivity contribution in [3.05, 3.63) is 16.5 Å². The number of thiophene rings is 1. The summed E-state index contributed by atoms with van der Waals surface area (Å²) >= 11 is 1.16. The lowest BCUT2D eigenvalue weighted by Gasteiger charge is -2.31. The van der Waals surface area contributed by atoms with Crippen molar-refractivity contribution in [3.63, 3.8) is 0 Å². The Morgan fingerprint density at radius 2 is 2.15 bits per heavy atom. The lowest BCUT2D eigenvalue weighted by atomic mass is 10.3. The summed E-state index contributed by atoms with van der Waals surface area (Å²) in [7, 11) is -6.78. The smallest absolute Gasteiger partial charge is 0.252 e. The quantitative estimate of drug-likeness (QED) is 0.856. The molecule has 0 amide bonds. The molecule has 114 valence electrons. The number of sulfonamides is 1. The van der Waals surface area contributed by atoms with Crippen molar-refractivity contribution in [1.29, 1.82) is 0 Å². The summed E-state index contributed by atoms with van der Waals surface area (Å²) in [6.45, 7) is 3.76. The molecule has 6 nitrogen and oxygen atoms in total. The van der Waals surface area contributed by atoms with Gasteiger partial charge >= 0.3 is 0 Å². The zero-order valence-electron chi connectivity index (χ0n) is 11.4. The van der Waals surface area contributed by atoms with Gasteiger partial charge in [-0.2, -0.15) is 4.31 Å². The van der Waals surface area contributed by atoms with Gasteiger partial charge in [-0.3, -0.25) is 0 Å². The van der Waals surface area contributed by atoms with E-state index in [1.165, 1.54) is 4.31 Å². The second kappa shape index (κ2) is 5.38. The van der Waals surface area contributed by atoms with Crippen LogP contribution < -0.4 is 5.73 Å². The Morgan fingerprint density at radius 1 is 1.50 bits per heavy atom. The van der Waals surface area contributed by atoms with Crippen LogP contribution in [0, 0.1) is 6.92 Å². The summed E-state index contributed by atoms with van der Waals surface area (Å²) in [6, 6.07) is 1.07. The van der Waals surface area contributed by atoms with Crippen LogP contribution in [0.5, 0.6) is 0 Å². The van der Waals surface area contributed by atoms with Crippen LogP contribution in [0.4, 0.5) is 0 Å². The standard InChI is InChI=1S/C11H18N2O4S3/c1-8-5-11(18-10(8)6-12)20(16,17)13-3-4-19(14,15)7-9(13)2/h5,9H,3-4,6-7,12H2,1-2H3. The Morgan fingerprint density at radius 3 is 2.65 bits per heavy atom. The molecule has 1 aromatic rings. The van der Waals surface area contributed by atoms with Crippen LogP contribution in [0.3, 0.4) is 0 Å². The average molecular weight is 338 g/mol. The molecule has 9 heteroatoms. The van der Waals surface area contributed by atoms with Crippen LogP contribution in [-0.2, 0) is 26.4 Å². The Labute approximate surface area is 123 Å². The van der Waals surface area contributed by atoms with E-state index in [1.54, 1.807) is 13.0 Å². The third-order valence-electron chi connectivity index (χ3n) is 3.36. The predicted molar refractivity (Wildman–Crippen MR) is 79.0 cm³/mol. The number of sulfone groups is 1. The summed E-state index contributed by atoms with van der Waals surface area (Å²) in [6.07, 6.45) is 0. The molecule has 0 spiro atoms. The number of nitrogens with zero attached hydrogens (tertiary/aromatic N) is 1. The number of hydrogen-bond donors (Lipinski definition) is 1. The molecule has 2 N–H and O–H groups in total. The highest BCUT2D eigenvalue weighted by atomic mass is 32.2. The molecule has 0 bridgehead atoms. The largest absolute Gasteiger partial charge is 0.326 e. The molecule has 20 heavy (non-hydrogen) atoms. The zero-order valence-corrected chi connectivity index (χ0v) is 13.8. The van der Waals surface area contributed by atoms with E-state index in [0.717, 1.165) is 21.8 Å². The molecule has 1 aliphatic rings.